The van der Waals surface area contributed by atoms with E-state index in [1.165, 1.54) is 30.6 Å². The minimum absolute atomic E-state index is 0.0974. The monoisotopic (exact) mass is 263 g/mol. The molecule has 2 heterocycles. The molecule has 0 bridgehead atoms. The third-order valence-electron chi connectivity index (χ3n) is 2.74. The molecule has 7 heteroatoms. The standard InChI is InChI=1S/C9H13NO4S2/c1-3-15-9(8(12)13)4-10-6(11)5(14-2)7(10)16-9/h5,7H,3-4H2,1-2H3,(H,12,13)/t5?,7-,9?/m1/s1. The predicted molar refractivity (Wildman–Crippen MR) is 62.4 cm³/mol. The molecule has 5 nitrogen and oxygen atoms in total. The summed E-state index contributed by atoms with van der Waals surface area (Å²) in [7, 11) is 1.48. The number of rotatable bonds is 4. The zero-order chi connectivity index (χ0) is 11.9. The van der Waals surface area contributed by atoms with E-state index in [9.17, 15) is 14.7 Å². The highest BCUT2D eigenvalue weighted by atomic mass is 32.2. The van der Waals surface area contributed by atoms with E-state index in [1.54, 1.807) is 4.90 Å². The summed E-state index contributed by atoms with van der Waals surface area (Å²) in [5.74, 6) is -0.243. The van der Waals surface area contributed by atoms with Gasteiger partial charge in [-0.15, -0.1) is 23.5 Å². The summed E-state index contributed by atoms with van der Waals surface area (Å²) < 4.78 is 4.13. The van der Waals surface area contributed by atoms with Crippen molar-refractivity contribution in [2.75, 3.05) is 19.4 Å². The van der Waals surface area contributed by atoms with Gasteiger partial charge in [-0.05, 0) is 5.75 Å². The van der Waals surface area contributed by atoms with Crippen molar-refractivity contribution in [3.63, 3.8) is 0 Å². The maximum atomic E-state index is 11.6. The summed E-state index contributed by atoms with van der Waals surface area (Å²) in [5.41, 5.74) is 0. The predicted octanol–water partition coefficient (Wildman–Crippen LogP) is 0.450. The van der Waals surface area contributed by atoms with Gasteiger partial charge in [-0.1, -0.05) is 6.92 Å². The highest BCUT2D eigenvalue weighted by Crippen LogP contribution is 2.52. The van der Waals surface area contributed by atoms with Crippen LogP contribution in [0.3, 0.4) is 0 Å². The van der Waals surface area contributed by atoms with Crippen LogP contribution >= 0.6 is 23.5 Å². The van der Waals surface area contributed by atoms with Gasteiger partial charge in [-0.3, -0.25) is 4.79 Å². The summed E-state index contributed by atoms with van der Waals surface area (Å²) in [5, 5.41) is 9.15. The fraction of sp³-hybridized carbons (Fsp3) is 0.778. The molecule has 1 amide bonds. The zero-order valence-corrected chi connectivity index (χ0v) is 10.6. The molecule has 90 valence electrons. The topological polar surface area (TPSA) is 66.8 Å². The average Bonchev–Trinajstić information content (AvgIpc) is 2.57. The van der Waals surface area contributed by atoms with Crippen molar-refractivity contribution < 1.29 is 19.4 Å². The van der Waals surface area contributed by atoms with Crippen LogP contribution in [-0.2, 0) is 14.3 Å². The van der Waals surface area contributed by atoms with Crippen molar-refractivity contribution in [3.05, 3.63) is 0 Å². The summed E-state index contributed by atoms with van der Waals surface area (Å²) >= 11 is 2.69. The summed E-state index contributed by atoms with van der Waals surface area (Å²) in [6.45, 7) is 2.19. The van der Waals surface area contributed by atoms with Crippen molar-refractivity contribution in [2.45, 2.75) is 22.5 Å². The fourth-order valence-electron chi connectivity index (χ4n) is 1.95. The van der Waals surface area contributed by atoms with E-state index in [0.29, 0.717) is 5.75 Å². The van der Waals surface area contributed by atoms with Gasteiger partial charge in [0.15, 0.2) is 10.2 Å². The van der Waals surface area contributed by atoms with Crippen molar-refractivity contribution in [1.29, 1.82) is 0 Å². The van der Waals surface area contributed by atoms with Crippen molar-refractivity contribution >= 4 is 35.4 Å². The molecule has 2 rings (SSSR count). The number of carboxylic acid groups (broad SMARTS) is 1. The largest absolute Gasteiger partial charge is 0.480 e. The summed E-state index contributed by atoms with van der Waals surface area (Å²) in [6.07, 6.45) is -0.469. The van der Waals surface area contributed by atoms with Gasteiger partial charge in [0.2, 0.25) is 0 Å². The molecule has 0 aromatic rings. The molecule has 0 aromatic heterocycles. The molecule has 0 saturated carbocycles. The quantitative estimate of drug-likeness (QED) is 0.743. The van der Waals surface area contributed by atoms with Gasteiger partial charge in [-0.25, -0.2) is 4.79 Å². The van der Waals surface area contributed by atoms with Gasteiger partial charge in [0.1, 0.15) is 5.37 Å². The Morgan fingerprint density at radius 3 is 3.00 bits per heavy atom. The first-order valence-corrected chi connectivity index (χ1v) is 6.80. The molecule has 1 N–H and O–H groups in total. The highest BCUT2D eigenvalue weighted by molar-refractivity contribution is 8.19. The van der Waals surface area contributed by atoms with Gasteiger partial charge < -0.3 is 14.7 Å². The number of carbonyl (C=O) groups excluding carboxylic acids is 1. The number of methoxy groups -OCH3 is 1. The number of carboxylic acids is 1. The van der Waals surface area contributed by atoms with Crippen molar-refractivity contribution in [2.24, 2.45) is 0 Å². The SMILES string of the molecule is CCSC1(C(=O)O)CN2C(=O)C(OC)[C@H]2S1. The van der Waals surface area contributed by atoms with Gasteiger partial charge >= 0.3 is 5.97 Å². The number of amides is 1. The van der Waals surface area contributed by atoms with Gasteiger partial charge in [0.05, 0.1) is 6.54 Å². The number of nitrogens with zero attached hydrogens (tertiary/aromatic N) is 1. The lowest BCUT2D eigenvalue weighted by molar-refractivity contribution is -0.161. The summed E-state index contributed by atoms with van der Waals surface area (Å²) in [6, 6.07) is 0. The number of β-lactam (4-membered cyclic amide) rings is 1. The van der Waals surface area contributed by atoms with Crippen LogP contribution in [-0.4, -0.2) is 56.8 Å². The number of hydrogen-bond acceptors (Lipinski definition) is 5. The van der Waals surface area contributed by atoms with Crippen LogP contribution < -0.4 is 0 Å². The Morgan fingerprint density at radius 2 is 2.50 bits per heavy atom. The number of carbonyl (C=O) groups is 2. The molecule has 2 aliphatic rings. The number of aliphatic carboxylic acids is 1. The highest BCUT2D eigenvalue weighted by Gasteiger charge is 2.62. The van der Waals surface area contributed by atoms with E-state index in [0.717, 1.165) is 0 Å². The molecular formula is C9H13NO4S2. The Morgan fingerprint density at radius 1 is 1.81 bits per heavy atom. The number of fused-ring (bicyclic) bond motifs is 1. The second-order valence-electron chi connectivity index (χ2n) is 3.62. The minimum atomic E-state index is -0.914. The van der Waals surface area contributed by atoms with Crippen LogP contribution in [0.1, 0.15) is 6.92 Å². The maximum absolute atomic E-state index is 11.6. The molecule has 2 unspecified atom stereocenters. The molecule has 16 heavy (non-hydrogen) atoms. The molecule has 0 aromatic carbocycles. The Kier molecular flexibility index (Phi) is 3.11. The van der Waals surface area contributed by atoms with Crippen LogP contribution in [0.2, 0.25) is 0 Å². The lowest BCUT2D eigenvalue weighted by atomic mass is 10.1. The van der Waals surface area contributed by atoms with Crippen LogP contribution in [0.4, 0.5) is 0 Å². The van der Waals surface area contributed by atoms with E-state index in [4.69, 9.17) is 4.74 Å². The Bertz CT molecular complexity index is 337. The molecule has 0 radical (unpaired) electrons. The second-order valence-corrected chi connectivity index (χ2v) is 6.86. The number of hydrogen-bond donors (Lipinski definition) is 1. The average molecular weight is 263 g/mol. The smallest absolute Gasteiger partial charge is 0.332 e. The Labute approximate surface area is 102 Å². The van der Waals surface area contributed by atoms with E-state index in [1.807, 2.05) is 6.92 Å². The van der Waals surface area contributed by atoms with Gasteiger partial charge in [0.25, 0.3) is 5.91 Å². The number of thioether (sulfide) groups is 2. The molecule has 2 saturated heterocycles. The molecule has 0 spiro atoms. The van der Waals surface area contributed by atoms with Crippen LogP contribution in [0.15, 0.2) is 0 Å². The molecular weight excluding hydrogens is 250 g/mol. The Hall–Kier alpha value is -0.400. The van der Waals surface area contributed by atoms with E-state index in [2.05, 4.69) is 0 Å². The van der Waals surface area contributed by atoms with Crippen LogP contribution in [0.5, 0.6) is 0 Å². The first-order chi connectivity index (χ1) is 7.55. The maximum Gasteiger partial charge on any atom is 0.332 e. The van der Waals surface area contributed by atoms with Crippen LogP contribution in [0.25, 0.3) is 0 Å². The first kappa shape index (κ1) is 12.1. The van der Waals surface area contributed by atoms with E-state index in [-0.39, 0.29) is 17.8 Å². The third-order valence-corrected chi connectivity index (χ3v) is 5.87. The van der Waals surface area contributed by atoms with Crippen molar-refractivity contribution in [3.8, 4) is 0 Å². The normalized spacial score (nSPS) is 37.1. The lowest BCUT2D eigenvalue weighted by Crippen LogP contribution is -2.61. The van der Waals surface area contributed by atoms with E-state index < -0.39 is 16.2 Å². The Balaban J connectivity index is 2.16. The fourth-order valence-corrected chi connectivity index (χ4v) is 5.05. The molecule has 2 aliphatic heterocycles. The first-order valence-electron chi connectivity index (χ1n) is 4.94. The van der Waals surface area contributed by atoms with Crippen molar-refractivity contribution in [1.82, 2.24) is 4.90 Å². The summed E-state index contributed by atoms with van der Waals surface area (Å²) in [4.78, 5) is 24.5. The molecule has 3 atom stereocenters. The molecule has 0 aliphatic carbocycles. The molecule has 2 fully saturated rings. The minimum Gasteiger partial charge on any atom is -0.480 e. The number of ether oxygens (including phenoxy) is 1. The third kappa shape index (κ3) is 1.53. The van der Waals surface area contributed by atoms with E-state index >= 15 is 0 Å². The lowest BCUT2D eigenvalue weighted by Gasteiger charge is -2.39. The zero-order valence-electron chi connectivity index (χ0n) is 9.00. The van der Waals surface area contributed by atoms with Gasteiger partial charge in [0, 0.05) is 7.11 Å². The van der Waals surface area contributed by atoms with Gasteiger partial charge in [-0.2, -0.15) is 0 Å². The second kappa shape index (κ2) is 4.12. The van der Waals surface area contributed by atoms with Crippen LogP contribution in [0, 0.1) is 0 Å².